The predicted molar refractivity (Wildman–Crippen MR) is 75.2 cm³/mol. The largest absolute Gasteiger partial charge is 0.492 e. The first kappa shape index (κ1) is 14.8. The molecule has 1 N–H and O–H groups in total. The number of nitrogens with one attached hydrogen (secondary N) is 1. The van der Waals surface area contributed by atoms with Gasteiger partial charge in [-0.25, -0.2) is 4.79 Å². The minimum absolute atomic E-state index is 0.495. The topological polar surface area (TPSA) is 47.6 Å². The number of anilines is 1. The molecule has 0 saturated carbocycles. The molecule has 1 rings (SSSR count). The second-order valence-electron chi connectivity index (χ2n) is 4.70. The van der Waals surface area contributed by atoms with Gasteiger partial charge in [-0.1, -0.05) is 15.9 Å². The first-order chi connectivity index (χ1) is 8.31. The van der Waals surface area contributed by atoms with Crippen molar-refractivity contribution in [2.45, 2.75) is 33.3 Å². The lowest BCUT2D eigenvalue weighted by Gasteiger charge is -2.20. The van der Waals surface area contributed by atoms with Gasteiger partial charge >= 0.3 is 6.09 Å². The molecule has 5 heteroatoms. The van der Waals surface area contributed by atoms with Crippen LogP contribution in [0.3, 0.4) is 0 Å². The Labute approximate surface area is 116 Å². The van der Waals surface area contributed by atoms with Crippen LogP contribution in [-0.4, -0.2) is 18.3 Å². The molecule has 0 bridgehead atoms. The summed E-state index contributed by atoms with van der Waals surface area (Å²) in [6, 6.07) is 5.39. The molecule has 0 heterocycles. The SMILES string of the molecule is CCOc1cc(Br)ccc1NC(=O)OC(C)(C)C. The van der Waals surface area contributed by atoms with Crippen molar-refractivity contribution in [3.05, 3.63) is 22.7 Å². The number of carbonyl (C=O) groups excluding carboxylic acids is 1. The van der Waals surface area contributed by atoms with Crippen LogP contribution in [0.15, 0.2) is 22.7 Å². The summed E-state index contributed by atoms with van der Waals surface area (Å²) in [5.41, 5.74) is 0.0693. The zero-order valence-corrected chi connectivity index (χ0v) is 12.6. The third kappa shape index (κ3) is 4.96. The number of amides is 1. The molecule has 1 aromatic carbocycles. The van der Waals surface area contributed by atoms with E-state index in [9.17, 15) is 4.79 Å². The van der Waals surface area contributed by atoms with Gasteiger partial charge in [-0.15, -0.1) is 0 Å². The molecule has 0 radical (unpaired) electrons. The summed E-state index contributed by atoms with van der Waals surface area (Å²) >= 11 is 3.36. The van der Waals surface area contributed by atoms with Crippen molar-refractivity contribution in [1.82, 2.24) is 0 Å². The van der Waals surface area contributed by atoms with Crippen LogP contribution in [0.4, 0.5) is 10.5 Å². The zero-order valence-electron chi connectivity index (χ0n) is 11.0. The summed E-state index contributed by atoms with van der Waals surface area (Å²) in [7, 11) is 0. The van der Waals surface area contributed by atoms with Crippen molar-refractivity contribution < 1.29 is 14.3 Å². The van der Waals surface area contributed by atoms with Crippen molar-refractivity contribution >= 4 is 27.7 Å². The Hall–Kier alpha value is -1.23. The van der Waals surface area contributed by atoms with E-state index in [4.69, 9.17) is 9.47 Å². The fourth-order valence-corrected chi connectivity index (χ4v) is 1.63. The summed E-state index contributed by atoms with van der Waals surface area (Å²) in [5.74, 6) is 0.609. The van der Waals surface area contributed by atoms with Gasteiger partial charge in [0.1, 0.15) is 11.4 Å². The highest BCUT2D eigenvalue weighted by Gasteiger charge is 2.17. The zero-order chi connectivity index (χ0) is 13.8. The smallest absolute Gasteiger partial charge is 0.412 e. The number of benzene rings is 1. The molecule has 4 nitrogen and oxygen atoms in total. The first-order valence-corrected chi connectivity index (χ1v) is 6.53. The molecule has 0 aromatic heterocycles. The molecule has 1 amide bonds. The third-order valence-corrected chi connectivity index (χ3v) is 2.37. The molecule has 100 valence electrons. The highest BCUT2D eigenvalue weighted by Crippen LogP contribution is 2.28. The number of hydrogen-bond acceptors (Lipinski definition) is 3. The van der Waals surface area contributed by atoms with Crippen LogP contribution in [0.25, 0.3) is 0 Å². The lowest BCUT2D eigenvalue weighted by Crippen LogP contribution is -2.27. The predicted octanol–water partition coefficient (Wildman–Crippen LogP) is 4.19. The summed E-state index contributed by atoms with van der Waals surface area (Å²) < 4.78 is 11.5. The summed E-state index contributed by atoms with van der Waals surface area (Å²) in [6.45, 7) is 7.87. The van der Waals surface area contributed by atoms with Crippen LogP contribution in [0, 0.1) is 0 Å². The second kappa shape index (κ2) is 6.09. The minimum atomic E-state index is -0.523. The Morgan fingerprint density at radius 2 is 2.06 bits per heavy atom. The number of rotatable bonds is 3. The third-order valence-electron chi connectivity index (χ3n) is 1.88. The monoisotopic (exact) mass is 315 g/mol. The molecule has 0 aliphatic heterocycles. The Kier molecular flexibility index (Phi) is 5.02. The van der Waals surface area contributed by atoms with Gasteiger partial charge in [0.05, 0.1) is 12.3 Å². The molecule has 0 aliphatic carbocycles. The highest BCUT2D eigenvalue weighted by atomic mass is 79.9. The Balaban J connectivity index is 2.80. The van der Waals surface area contributed by atoms with Crippen LogP contribution in [-0.2, 0) is 4.74 Å². The molecule has 18 heavy (non-hydrogen) atoms. The van der Waals surface area contributed by atoms with Crippen molar-refractivity contribution in [1.29, 1.82) is 0 Å². The van der Waals surface area contributed by atoms with Crippen LogP contribution >= 0.6 is 15.9 Å². The quantitative estimate of drug-likeness (QED) is 0.909. The van der Waals surface area contributed by atoms with Gasteiger partial charge in [0, 0.05) is 4.47 Å². The van der Waals surface area contributed by atoms with E-state index in [2.05, 4.69) is 21.2 Å². The lowest BCUT2D eigenvalue weighted by molar-refractivity contribution is 0.0635. The average Bonchev–Trinajstić information content (AvgIpc) is 2.20. The van der Waals surface area contributed by atoms with E-state index < -0.39 is 11.7 Å². The molecule has 0 saturated heterocycles. The average molecular weight is 316 g/mol. The summed E-state index contributed by atoms with van der Waals surface area (Å²) in [5, 5.41) is 2.67. The van der Waals surface area contributed by atoms with Crippen molar-refractivity contribution in [3.8, 4) is 5.75 Å². The maximum atomic E-state index is 11.7. The normalized spacial score (nSPS) is 10.9. The first-order valence-electron chi connectivity index (χ1n) is 5.74. The van der Waals surface area contributed by atoms with Crippen LogP contribution in [0.2, 0.25) is 0 Å². The van der Waals surface area contributed by atoms with Gasteiger partial charge in [0.15, 0.2) is 0 Å². The minimum Gasteiger partial charge on any atom is -0.492 e. The number of halogens is 1. The standard InChI is InChI=1S/C13H18BrNO3/c1-5-17-11-8-9(14)6-7-10(11)15-12(16)18-13(2,3)4/h6-8H,5H2,1-4H3,(H,15,16). The van der Waals surface area contributed by atoms with Crippen LogP contribution in [0.5, 0.6) is 5.75 Å². The maximum absolute atomic E-state index is 11.7. The van der Waals surface area contributed by atoms with Crippen molar-refractivity contribution in [2.75, 3.05) is 11.9 Å². The van der Waals surface area contributed by atoms with Gasteiger partial charge < -0.3 is 9.47 Å². The van der Waals surface area contributed by atoms with Gasteiger partial charge in [-0.05, 0) is 45.9 Å². The Morgan fingerprint density at radius 3 is 2.61 bits per heavy atom. The highest BCUT2D eigenvalue weighted by molar-refractivity contribution is 9.10. The second-order valence-corrected chi connectivity index (χ2v) is 5.62. The fraction of sp³-hybridized carbons (Fsp3) is 0.462. The van der Waals surface area contributed by atoms with Gasteiger partial charge in [-0.2, -0.15) is 0 Å². The van der Waals surface area contributed by atoms with E-state index in [0.717, 1.165) is 4.47 Å². The van der Waals surface area contributed by atoms with Crippen molar-refractivity contribution in [3.63, 3.8) is 0 Å². The van der Waals surface area contributed by atoms with E-state index in [1.165, 1.54) is 0 Å². The number of ether oxygens (including phenoxy) is 2. The van der Waals surface area contributed by atoms with E-state index in [0.29, 0.717) is 18.0 Å². The number of carbonyl (C=O) groups is 1. The maximum Gasteiger partial charge on any atom is 0.412 e. The summed E-state index contributed by atoms with van der Waals surface area (Å²) in [6.07, 6.45) is -0.495. The van der Waals surface area contributed by atoms with Crippen LogP contribution in [0.1, 0.15) is 27.7 Å². The lowest BCUT2D eigenvalue weighted by atomic mass is 10.2. The van der Waals surface area contributed by atoms with E-state index in [1.807, 2.05) is 33.8 Å². The van der Waals surface area contributed by atoms with Crippen LogP contribution < -0.4 is 10.1 Å². The van der Waals surface area contributed by atoms with Gasteiger partial charge in [-0.3, -0.25) is 5.32 Å². The van der Waals surface area contributed by atoms with E-state index in [-0.39, 0.29) is 0 Å². The molecular weight excluding hydrogens is 298 g/mol. The Bertz CT molecular complexity index is 427. The molecule has 0 unspecified atom stereocenters. The summed E-state index contributed by atoms with van der Waals surface area (Å²) in [4.78, 5) is 11.7. The Morgan fingerprint density at radius 1 is 1.39 bits per heavy atom. The van der Waals surface area contributed by atoms with Crippen molar-refractivity contribution in [2.24, 2.45) is 0 Å². The molecule has 0 spiro atoms. The molecular formula is C13H18BrNO3. The molecule has 0 fully saturated rings. The molecule has 0 aliphatic rings. The van der Waals surface area contributed by atoms with E-state index >= 15 is 0 Å². The van der Waals surface area contributed by atoms with Gasteiger partial charge in [0.2, 0.25) is 0 Å². The van der Waals surface area contributed by atoms with E-state index in [1.54, 1.807) is 12.1 Å². The fourth-order valence-electron chi connectivity index (χ4n) is 1.29. The molecule has 1 aromatic rings. The molecule has 0 atom stereocenters. The van der Waals surface area contributed by atoms with Gasteiger partial charge in [0.25, 0.3) is 0 Å². The number of hydrogen-bond donors (Lipinski definition) is 1.